The number of aromatic nitrogens is 4. The van der Waals surface area contributed by atoms with Gasteiger partial charge in [0.25, 0.3) is 40.5 Å². The predicted molar refractivity (Wildman–Crippen MR) is 259 cm³/mol. The first-order valence-electron chi connectivity index (χ1n) is 19.1. The molecule has 346 valence electrons. The first-order chi connectivity index (χ1) is 31.9. The summed E-state index contributed by atoms with van der Waals surface area (Å²) < 4.78 is 147. The maximum Gasteiger partial charge on any atom is 0.296 e. The summed E-state index contributed by atoms with van der Waals surface area (Å²) in [7, 11) is -20.5. The highest BCUT2D eigenvalue weighted by Crippen LogP contribution is 2.53. The van der Waals surface area contributed by atoms with Gasteiger partial charge in [0, 0.05) is 44.4 Å². The van der Waals surface area contributed by atoms with Gasteiger partial charge in [-0.15, -0.1) is 0 Å². The van der Waals surface area contributed by atoms with Crippen molar-refractivity contribution in [3.63, 3.8) is 0 Å². The van der Waals surface area contributed by atoms with E-state index in [2.05, 4.69) is 4.98 Å². The summed E-state index contributed by atoms with van der Waals surface area (Å²) in [5, 5.41) is -2.47. The number of nitrogens with one attached hydrogen (secondary N) is 1. The minimum Gasteiger partial charge on any atom is -0.355 e. The Morgan fingerprint density at radius 2 is 0.838 bits per heavy atom. The molecule has 4 aromatic carbocycles. The van der Waals surface area contributed by atoms with Crippen LogP contribution in [0.2, 0.25) is 20.1 Å². The van der Waals surface area contributed by atoms with Gasteiger partial charge in [0.1, 0.15) is 19.6 Å². The lowest BCUT2D eigenvalue weighted by Gasteiger charge is -2.17. The third-order valence-corrected chi connectivity index (χ3v) is 16.3. The van der Waals surface area contributed by atoms with Crippen molar-refractivity contribution < 1.29 is 51.9 Å². The summed E-state index contributed by atoms with van der Waals surface area (Å²) in [5.41, 5.74) is 0.197. The van der Waals surface area contributed by atoms with Crippen LogP contribution in [0.15, 0.2) is 123 Å². The van der Waals surface area contributed by atoms with Gasteiger partial charge in [-0.2, -0.15) is 33.7 Å². The van der Waals surface area contributed by atoms with Crippen molar-refractivity contribution in [2.45, 2.75) is 19.6 Å². The van der Waals surface area contributed by atoms with Gasteiger partial charge in [0.15, 0.2) is 0 Å². The third-order valence-electron chi connectivity index (χ3n) is 10.7. The molecule has 0 fully saturated rings. The maximum absolute atomic E-state index is 13.0. The molecule has 5 N–H and O–H groups in total. The molecule has 2 aliphatic heterocycles. The summed E-state index contributed by atoms with van der Waals surface area (Å²) in [6.45, 7) is 0. The quantitative estimate of drug-likeness (QED) is 0.0887. The Balaban J connectivity index is 1.73. The number of H-pyrrole nitrogens is 1. The second-order valence-electron chi connectivity index (χ2n) is 14.9. The van der Waals surface area contributed by atoms with Crippen molar-refractivity contribution in [2.75, 3.05) is 0 Å². The van der Waals surface area contributed by atoms with Crippen molar-refractivity contribution in [3.8, 4) is 39.1 Å². The SMILES string of the molecule is O=S(=O)(O)c1cccc(-c2c(-c3cccc(S(=O)(=O)O)c3Cl)c3c(-c4cccc(S(=O)(=O)O)c4Cl)c4nc(cc5ccc(cc6nc(cc2n3-c2cccc(S(=O)(=O)O)c2Cl)C=C6)[nH]5)C=C4)c1Cl. The highest BCUT2D eigenvalue weighted by atomic mass is 35.5. The van der Waals surface area contributed by atoms with Crippen molar-refractivity contribution >= 4 is 133 Å². The number of hydrogen-bond acceptors (Lipinski definition) is 10. The molecule has 0 unspecified atom stereocenters. The third kappa shape index (κ3) is 8.56. The van der Waals surface area contributed by atoms with Crippen molar-refractivity contribution in [2.24, 2.45) is 0 Å². The first kappa shape index (κ1) is 47.4. The van der Waals surface area contributed by atoms with E-state index >= 15 is 0 Å². The van der Waals surface area contributed by atoms with Gasteiger partial charge in [0.05, 0.1) is 59.6 Å². The lowest BCUT2D eigenvalue weighted by molar-refractivity contribution is 0.481. The van der Waals surface area contributed by atoms with E-state index in [1.165, 1.54) is 65.2 Å². The monoisotopic (exact) mass is 1070 g/mol. The van der Waals surface area contributed by atoms with Crippen LogP contribution in [-0.2, 0) is 40.5 Å². The largest absolute Gasteiger partial charge is 0.355 e. The van der Waals surface area contributed by atoms with Crippen LogP contribution in [-0.4, -0.2) is 71.4 Å². The Hall–Kier alpha value is -5.72. The number of rotatable bonds is 8. The Morgan fingerprint density at radius 3 is 1.32 bits per heavy atom. The van der Waals surface area contributed by atoms with Crippen molar-refractivity contribution in [1.29, 1.82) is 0 Å². The van der Waals surface area contributed by atoms with Crippen molar-refractivity contribution in [3.05, 3.63) is 146 Å². The minimum atomic E-state index is -5.14. The van der Waals surface area contributed by atoms with Crippen LogP contribution in [0.4, 0.5) is 0 Å². The molecule has 0 atom stereocenters. The van der Waals surface area contributed by atoms with E-state index in [1.807, 2.05) is 0 Å². The van der Waals surface area contributed by atoms with Gasteiger partial charge >= 0.3 is 0 Å². The summed E-state index contributed by atoms with van der Waals surface area (Å²) in [6.07, 6.45) is 6.31. The van der Waals surface area contributed by atoms with E-state index in [-0.39, 0.29) is 61.5 Å². The van der Waals surface area contributed by atoms with Crippen LogP contribution in [0.1, 0.15) is 22.8 Å². The molecule has 7 aromatic rings. The highest BCUT2D eigenvalue weighted by molar-refractivity contribution is 7.86. The Morgan fingerprint density at radius 1 is 0.441 bits per heavy atom. The Labute approximate surface area is 406 Å². The molecular formula is C44H26Cl4N4O12S4. The van der Waals surface area contributed by atoms with Gasteiger partial charge in [-0.05, 0) is 85.0 Å². The van der Waals surface area contributed by atoms with E-state index in [0.29, 0.717) is 22.4 Å². The molecule has 5 heterocycles. The van der Waals surface area contributed by atoms with Gasteiger partial charge < -0.3 is 9.55 Å². The Bertz CT molecular complexity index is 4100. The molecule has 0 amide bonds. The van der Waals surface area contributed by atoms with Gasteiger partial charge in [-0.1, -0.05) is 88.9 Å². The number of benzene rings is 4. The van der Waals surface area contributed by atoms with E-state index in [9.17, 15) is 51.9 Å². The number of hydrogen-bond donors (Lipinski definition) is 5. The molecule has 0 saturated heterocycles. The minimum absolute atomic E-state index is 0.0233. The summed E-state index contributed by atoms with van der Waals surface area (Å²) in [4.78, 5) is 9.71. The zero-order valence-electron chi connectivity index (χ0n) is 33.7. The number of aromatic amines is 1. The van der Waals surface area contributed by atoms with E-state index in [1.54, 1.807) is 42.5 Å². The molecule has 0 radical (unpaired) electrons. The average molecular weight is 1070 g/mol. The molecule has 0 saturated carbocycles. The lowest BCUT2D eigenvalue weighted by atomic mass is 9.93. The smallest absolute Gasteiger partial charge is 0.296 e. The van der Waals surface area contributed by atoms with Crippen LogP contribution < -0.4 is 0 Å². The van der Waals surface area contributed by atoms with E-state index in [4.69, 9.17) is 56.4 Å². The maximum atomic E-state index is 13.0. The average Bonchev–Trinajstić information content (AvgIpc) is 4.05. The molecule has 0 spiro atoms. The molecule has 8 bridgehead atoms. The zero-order chi connectivity index (χ0) is 48.8. The number of halogens is 4. The van der Waals surface area contributed by atoms with Crippen molar-refractivity contribution in [1.82, 2.24) is 19.5 Å². The van der Waals surface area contributed by atoms with E-state index in [0.717, 1.165) is 24.3 Å². The predicted octanol–water partition coefficient (Wildman–Crippen LogP) is 10.7. The molecule has 16 nitrogen and oxygen atoms in total. The lowest BCUT2D eigenvalue weighted by Crippen LogP contribution is -2.05. The Kier molecular flexibility index (Phi) is 11.9. The molecule has 2 aliphatic rings. The molecule has 0 aliphatic carbocycles. The van der Waals surface area contributed by atoms with Gasteiger partial charge in [0.2, 0.25) is 0 Å². The fourth-order valence-electron chi connectivity index (χ4n) is 7.93. The van der Waals surface area contributed by atoms with Gasteiger partial charge in [-0.3, -0.25) is 18.2 Å². The topological polar surface area (TPSA) is 264 Å². The normalized spacial score (nSPS) is 13.1. The molecule has 9 rings (SSSR count). The summed E-state index contributed by atoms with van der Waals surface area (Å²) in [5.74, 6) is 0. The summed E-state index contributed by atoms with van der Waals surface area (Å²) in [6, 6.07) is 22.6. The zero-order valence-corrected chi connectivity index (χ0v) is 40.0. The van der Waals surface area contributed by atoms with Crippen LogP contribution in [0.3, 0.4) is 0 Å². The molecule has 24 heteroatoms. The van der Waals surface area contributed by atoms with Crippen LogP contribution in [0.25, 0.3) is 85.4 Å². The molecule has 68 heavy (non-hydrogen) atoms. The van der Waals surface area contributed by atoms with Gasteiger partial charge in [-0.25, -0.2) is 9.97 Å². The molecular weight excluding hydrogens is 1050 g/mol. The van der Waals surface area contributed by atoms with Crippen LogP contribution in [0.5, 0.6) is 0 Å². The van der Waals surface area contributed by atoms with Crippen LogP contribution in [0, 0.1) is 0 Å². The first-order valence-corrected chi connectivity index (χ1v) is 26.4. The summed E-state index contributed by atoms with van der Waals surface area (Å²) >= 11 is 28.1. The highest BCUT2D eigenvalue weighted by Gasteiger charge is 2.33. The fourth-order valence-corrected chi connectivity index (χ4v) is 12.3. The standard InChI is InChI=1S/C44H26Cl4N4O12S4/c45-40-27(5-1-9-33(40)65(53,54)55)37-30-18-17-25(51-30)20-24-14-13-22(49-24)19-23-15-16-26(50-23)21-32-38(28-6-2-10-34(41(28)46)66(56,57)58)39(29-7-3-11-35(42(29)47)67(59,60)61)44(37)52(32)31-8-4-12-36(43(31)48)68(62,63)64/h1-21,49H,(H,53,54,55)(H,56,57,58)(H,59,60,61)(H,62,63,64). The number of fused-ring (bicyclic) bond motifs is 8. The number of nitrogens with zero attached hydrogens (tertiary/aromatic N) is 3. The van der Waals surface area contributed by atoms with Crippen LogP contribution >= 0.6 is 46.4 Å². The second kappa shape index (κ2) is 17.1. The fraction of sp³-hybridized carbons (Fsp3) is 0. The second-order valence-corrected chi connectivity index (χ2v) is 22.0. The van der Waals surface area contributed by atoms with E-state index < -0.39 is 80.1 Å². The molecule has 3 aromatic heterocycles.